The van der Waals surface area contributed by atoms with Crippen LogP contribution in [0, 0.1) is 13.8 Å². The summed E-state index contributed by atoms with van der Waals surface area (Å²) in [6.45, 7) is 4.20. The average Bonchev–Trinajstić information content (AvgIpc) is 3.32. The number of aliphatic hydroxyl groups is 1. The SMILES string of the molecule is Cc1cccc(C)c1OC[C@@H](O)CSc1nnc(-c2c[nH]c3ccccc23)o1. The fourth-order valence-electron chi connectivity index (χ4n) is 3.05. The number of hydrogen-bond acceptors (Lipinski definition) is 6. The first-order chi connectivity index (χ1) is 13.6. The predicted octanol–water partition coefficient (Wildman–Crippen LogP) is 4.37. The van der Waals surface area contributed by atoms with Crippen LogP contribution in [0.4, 0.5) is 0 Å². The highest BCUT2D eigenvalue weighted by atomic mass is 32.2. The highest BCUT2D eigenvalue weighted by molar-refractivity contribution is 7.99. The lowest BCUT2D eigenvalue weighted by atomic mass is 10.1. The molecule has 4 aromatic rings. The van der Waals surface area contributed by atoms with Crippen LogP contribution >= 0.6 is 11.8 Å². The van der Waals surface area contributed by atoms with Crippen molar-refractivity contribution in [2.24, 2.45) is 0 Å². The minimum atomic E-state index is -0.646. The molecule has 0 aliphatic rings. The maximum atomic E-state index is 10.2. The van der Waals surface area contributed by atoms with Crippen molar-refractivity contribution in [3.63, 3.8) is 0 Å². The second-order valence-electron chi connectivity index (χ2n) is 6.62. The van der Waals surface area contributed by atoms with Crippen LogP contribution in [0.2, 0.25) is 0 Å². The number of aromatic amines is 1. The fourth-order valence-corrected chi connectivity index (χ4v) is 3.71. The third kappa shape index (κ3) is 3.90. The van der Waals surface area contributed by atoms with Crippen LogP contribution in [0.5, 0.6) is 5.75 Å². The monoisotopic (exact) mass is 395 g/mol. The van der Waals surface area contributed by atoms with Gasteiger partial charge in [-0.1, -0.05) is 48.2 Å². The summed E-state index contributed by atoms with van der Waals surface area (Å²) in [5.74, 6) is 1.69. The van der Waals surface area contributed by atoms with Gasteiger partial charge < -0.3 is 19.2 Å². The van der Waals surface area contributed by atoms with Crippen molar-refractivity contribution in [3.05, 3.63) is 59.8 Å². The molecule has 0 aliphatic heterocycles. The molecule has 28 heavy (non-hydrogen) atoms. The molecule has 2 heterocycles. The molecule has 2 N–H and O–H groups in total. The maximum absolute atomic E-state index is 10.2. The minimum Gasteiger partial charge on any atom is -0.490 e. The summed E-state index contributed by atoms with van der Waals surface area (Å²) in [7, 11) is 0. The Kier molecular flexibility index (Phi) is 5.36. The summed E-state index contributed by atoms with van der Waals surface area (Å²) in [4.78, 5) is 3.20. The lowest BCUT2D eigenvalue weighted by molar-refractivity contribution is 0.125. The van der Waals surface area contributed by atoms with E-state index in [1.54, 1.807) is 0 Å². The Bertz CT molecular complexity index is 1070. The average molecular weight is 395 g/mol. The number of aryl methyl sites for hydroxylation is 2. The Morgan fingerprint density at radius 3 is 2.71 bits per heavy atom. The number of nitrogens with zero attached hydrogens (tertiary/aromatic N) is 2. The third-order valence-electron chi connectivity index (χ3n) is 4.45. The predicted molar refractivity (Wildman–Crippen MR) is 110 cm³/mol. The zero-order chi connectivity index (χ0) is 19.5. The molecule has 7 heteroatoms. The van der Waals surface area contributed by atoms with Crippen molar-refractivity contribution < 1.29 is 14.3 Å². The zero-order valence-electron chi connectivity index (χ0n) is 15.7. The van der Waals surface area contributed by atoms with Crippen molar-refractivity contribution in [2.75, 3.05) is 12.4 Å². The van der Waals surface area contributed by atoms with E-state index in [1.165, 1.54) is 11.8 Å². The van der Waals surface area contributed by atoms with Crippen molar-refractivity contribution in [2.45, 2.75) is 25.2 Å². The van der Waals surface area contributed by atoms with Gasteiger partial charge in [-0.2, -0.15) is 0 Å². The smallest absolute Gasteiger partial charge is 0.276 e. The molecule has 0 fully saturated rings. The van der Waals surface area contributed by atoms with Crippen molar-refractivity contribution in [3.8, 4) is 17.2 Å². The molecular weight excluding hydrogens is 374 g/mol. The normalized spacial score (nSPS) is 12.4. The summed E-state index contributed by atoms with van der Waals surface area (Å²) in [5, 5.41) is 19.9. The first kappa shape index (κ1) is 18.6. The Balaban J connectivity index is 1.35. The molecule has 4 rings (SSSR count). The van der Waals surface area contributed by atoms with Crippen LogP contribution in [0.15, 0.2) is 58.3 Å². The van der Waals surface area contributed by atoms with Crippen LogP contribution < -0.4 is 4.74 Å². The van der Waals surface area contributed by atoms with E-state index in [0.717, 1.165) is 33.3 Å². The van der Waals surface area contributed by atoms with Gasteiger partial charge in [-0.05, 0) is 31.0 Å². The van der Waals surface area contributed by atoms with Gasteiger partial charge in [0, 0.05) is 22.9 Å². The molecule has 0 unspecified atom stereocenters. The topological polar surface area (TPSA) is 84.2 Å². The van der Waals surface area contributed by atoms with E-state index in [9.17, 15) is 5.11 Å². The quantitative estimate of drug-likeness (QED) is 0.452. The third-order valence-corrected chi connectivity index (χ3v) is 5.42. The number of benzene rings is 2. The molecule has 2 aromatic heterocycles. The van der Waals surface area contributed by atoms with Crippen LogP contribution in [-0.4, -0.2) is 38.8 Å². The number of thioether (sulfide) groups is 1. The first-order valence-corrected chi connectivity index (χ1v) is 10.0. The summed E-state index contributed by atoms with van der Waals surface area (Å²) in [5.41, 5.74) is 4.00. The lowest BCUT2D eigenvalue weighted by Crippen LogP contribution is -2.20. The lowest BCUT2D eigenvalue weighted by Gasteiger charge is -2.14. The fraction of sp³-hybridized carbons (Fsp3) is 0.238. The molecular formula is C21H21N3O3S. The Morgan fingerprint density at radius 2 is 1.89 bits per heavy atom. The van der Waals surface area contributed by atoms with Crippen LogP contribution in [0.3, 0.4) is 0 Å². The number of aromatic nitrogens is 3. The van der Waals surface area contributed by atoms with Gasteiger partial charge in [0.2, 0.25) is 0 Å². The van der Waals surface area contributed by atoms with Crippen molar-refractivity contribution >= 4 is 22.7 Å². The second-order valence-corrected chi connectivity index (χ2v) is 7.59. The molecule has 0 amide bonds. The minimum absolute atomic E-state index is 0.210. The number of H-pyrrole nitrogens is 1. The zero-order valence-corrected chi connectivity index (χ0v) is 16.5. The summed E-state index contributed by atoms with van der Waals surface area (Å²) in [6, 6.07) is 13.9. The van der Waals surface area contributed by atoms with Crippen LogP contribution in [-0.2, 0) is 0 Å². The van der Waals surface area contributed by atoms with Gasteiger partial charge in [0.1, 0.15) is 12.4 Å². The highest BCUT2D eigenvalue weighted by Gasteiger charge is 2.15. The second kappa shape index (κ2) is 8.08. The van der Waals surface area contributed by atoms with Gasteiger partial charge in [-0.25, -0.2) is 0 Å². The van der Waals surface area contributed by atoms with E-state index in [0.29, 0.717) is 16.9 Å². The molecule has 0 aliphatic carbocycles. The van der Waals surface area contributed by atoms with E-state index in [-0.39, 0.29) is 6.61 Å². The standard InChI is InChI=1S/C21H21N3O3S/c1-13-6-5-7-14(2)19(13)26-11-15(25)12-28-21-24-23-20(27-21)17-10-22-18-9-4-3-8-16(17)18/h3-10,15,22,25H,11-12H2,1-2H3/t15-/m1/s1. The number of aliphatic hydroxyl groups excluding tert-OH is 1. The van der Waals surface area contributed by atoms with Gasteiger partial charge in [-0.15, -0.1) is 10.2 Å². The summed E-state index contributed by atoms with van der Waals surface area (Å²) in [6.07, 6.45) is 1.22. The van der Waals surface area contributed by atoms with E-state index in [1.807, 2.05) is 62.5 Å². The van der Waals surface area contributed by atoms with Gasteiger partial charge in [0.05, 0.1) is 11.7 Å². The molecule has 0 bridgehead atoms. The van der Waals surface area contributed by atoms with Crippen LogP contribution in [0.1, 0.15) is 11.1 Å². The van der Waals surface area contributed by atoms with Gasteiger partial charge in [-0.3, -0.25) is 0 Å². The molecule has 144 valence electrons. The highest BCUT2D eigenvalue weighted by Crippen LogP contribution is 2.29. The number of rotatable bonds is 7. The molecule has 0 saturated heterocycles. The van der Waals surface area contributed by atoms with Crippen LogP contribution in [0.25, 0.3) is 22.4 Å². The van der Waals surface area contributed by atoms with E-state index in [2.05, 4.69) is 15.2 Å². The molecule has 1 atom stereocenters. The molecule has 0 saturated carbocycles. The van der Waals surface area contributed by atoms with Crippen molar-refractivity contribution in [1.82, 2.24) is 15.2 Å². The maximum Gasteiger partial charge on any atom is 0.276 e. The number of ether oxygens (including phenoxy) is 1. The Labute approximate surface area is 166 Å². The number of para-hydroxylation sites is 2. The van der Waals surface area contributed by atoms with E-state index < -0.39 is 6.10 Å². The van der Waals surface area contributed by atoms with Gasteiger partial charge in [0.25, 0.3) is 11.1 Å². The largest absolute Gasteiger partial charge is 0.490 e. The van der Waals surface area contributed by atoms with Crippen molar-refractivity contribution in [1.29, 1.82) is 0 Å². The molecule has 0 radical (unpaired) electrons. The first-order valence-electron chi connectivity index (χ1n) is 9.01. The Morgan fingerprint density at radius 1 is 1.11 bits per heavy atom. The summed E-state index contributed by atoms with van der Waals surface area (Å²) >= 11 is 1.32. The molecule has 2 aromatic carbocycles. The molecule has 6 nitrogen and oxygen atoms in total. The van der Waals surface area contributed by atoms with Gasteiger partial charge in [0.15, 0.2) is 0 Å². The number of hydrogen-bond donors (Lipinski definition) is 2. The summed E-state index contributed by atoms with van der Waals surface area (Å²) < 4.78 is 11.6. The molecule has 0 spiro atoms. The number of nitrogens with one attached hydrogen (secondary N) is 1. The van der Waals surface area contributed by atoms with Gasteiger partial charge >= 0.3 is 0 Å². The number of fused-ring (bicyclic) bond motifs is 1. The van der Waals surface area contributed by atoms with E-state index >= 15 is 0 Å². The Hall–Kier alpha value is -2.77. The van der Waals surface area contributed by atoms with E-state index in [4.69, 9.17) is 9.15 Å².